The first-order valence-electron chi connectivity index (χ1n) is 5.77. The van der Waals surface area contributed by atoms with Crippen LogP contribution in [0, 0.1) is 11.6 Å². The van der Waals surface area contributed by atoms with Crippen LogP contribution in [0.15, 0.2) is 36.4 Å². The summed E-state index contributed by atoms with van der Waals surface area (Å²) in [5.41, 5.74) is 7.34. The fraction of sp³-hybridized carbons (Fsp3) is 0.143. The van der Waals surface area contributed by atoms with Gasteiger partial charge in [0.25, 0.3) is 0 Å². The van der Waals surface area contributed by atoms with Crippen LogP contribution in [0.5, 0.6) is 0 Å². The van der Waals surface area contributed by atoms with Gasteiger partial charge in [0.1, 0.15) is 5.82 Å². The molecule has 100 valence electrons. The Morgan fingerprint density at radius 1 is 1.05 bits per heavy atom. The highest BCUT2D eigenvalue weighted by Gasteiger charge is 2.10. The van der Waals surface area contributed by atoms with E-state index in [1.807, 2.05) is 43.3 Å². The molecule has 0 bridgehead atoms. The van der Waals surface area contributed by atoms with Gasteiger partial charge in [-0.15, -0.1) is 0 Å². The molecular formula is C14H15F2N3. The van der Waals surface area contributed by atoms with Crippen LogP contribution in [0.4, 0.5) is 31.5 Å². The van der Waals surface area contributed by atoms with Crippen LogP contribution in [0.25, 0.3) is 0 Å². The summed E-state index contributed by atoms with van der Waals surface area (Å²) in [7, 11) is 3.77. The molecule has 0 saturated carbocycles. The van der Waals surface area contributed by atoms with Crippen molar-refractivity contribution in [3.8, 4) is 0 Å². The number of nitrogens with one attached hydrogen (secondary N) is 1. The average Bonchev–Trinajstić information content (AvgIpc) is 2.35. The van der Waals surface area contributed by atoms with Gasteiger partial charge in [0.2, 0.25) is 0 Å². The lowest BCUT2D eigenvalue weighted by molar-refractivity contribution is 0.587. The van der Waals surface area contributed by atoms with E-state index in [2.05, 4.69) is 5.32 Å². The third-order valence-electron chi connectivity index (χ3n) is 2.75. The quantitative estimate of drug-likeness (QED) is 0.834. The molecule has 0 unspecified atom stereocenters. The molecular weight excluding hydrogens is 248 g/mol. The Morgan fingerprint density at radius 2 is 1.74 bits per heavy atom. The number of para-hydroxylation sites is 2. The van der Waals surface area contributed by atoms with E-state index in [1.54, 1.807) is 0 Å². The third-order valence-corrected chi connectivity index (χ3v) is 2.75. The SMILES string of the molecule is CN(C)c1ccccc1Nc1cc(F)cc(F)c1N. The predicted octanol–water partition coefficient (Wildman–Crippen LogP) is 3.36. The summed E-state index contributed by atoms with van der Waals surface area (Å²) < 4.78 is 26.6. The lowest BCUT2D eigenvalue weighted by atomic mass is 10.2. The minimum Gasteiger partial charge on any atom is -0.395 e. The number of anilines is 4. The van der Waals surface area contributed by atoms with E-state index in [1.165, 1.54) is 6.07 Å². The zero-order valence-electron chi connectivity index (χ0n) is 10.7. The van der Waals surface area contributed by atoms with E-state index in [-0.39, 0.29) is 11.4 Å². The minimum atomic E-state index is -0.773. The number of nitrogens with zero attached hydrogens (tertiary/aromatic N) is 1. The van der Waals surface area contributed by atoms with Crippen LogP contribution in [0.3, 0.4) is 0 Å². The number of hydrogen-bond donors (Lipinski definition) is 2. The van der Waals surface area contributed by atoms with E-state index >= 15 is 0 Å². The zero-order chi connectivity index (χ0) is 14.0. The van der Waals surface area contributed by atoms with Crippen LogP contribution in [0.2, 0.25) is 0 Å². The lowest BCUT2D eigenvalue weighted by Crippen LogP contribution is -2.11. The fourth-order valence-corrected chi connectivity index (χ4v) is 1.80. The van der Waals surface area contributed by atoms with Crippen LogP contribution >= 0.6 is 0 Å². The highest BCUT2D eigenvalue weighted by Crippen LogP contribution is 2.31. The summed E-state index contributed by atoms with van der Waals surface area (Å²) in [6, 6.07) is 9.37. The van der Waals surface area contributed by atoms with Crippen molar-refractivity contribution in [1.29, 1.82) is 0 Å². The summed E-state index contributed by atoms with van der Waals surface area (Å²) in [6.45, 7) is 0. The van der Waals surface area contributed by atoms with Crippen molar-refractivity contribution in [2.75, 3.05) is 30.0 Å². The normalized spacial score (nSPS) is 10.3. The van der Waals surface area contributed by atoms with Crippen LogP contribution in [0.1, 0.15) is 0 Å². The van der Waals surface area contributed by atoms with Gasteiger partial charge in [0.15, 0.2) is 5.82 Å². The molecule has 0 aliphatic heterocycles. The number of hydrogen-bond acceptors (Lipinski definition) is 3. The summed E-state index contributed by atoms with van der Waals surface area (Å²) >= 11 is 0. The number of nitrogens with two attached hydrogens (primary N) is 1. The Kier molecular flexibility index (Phi) is 3.55. The molecule has 0 aliphatic carbocycles. The van der Waals surface area contributed by atoms with Crippen molar-refractivity contribution in [1.82, 2.24) is 0 Å². The zero-order valence-corrected chi connectivity index (χ0v) is 10.7. The number of rotatable bonds is 3. The van der Waals surface area contributed by atoms with Crippen LogP contribution < -0.4 is 16.0 Å². The molecule has 5 heteroatoms. The lowest BCUT2D eigenvalue weighted by Gasteiger charge is -2.19. The Labute approximate surface area is 110 Å². The standard InChI is InChI=1S/C14H15F2N3/c1-19(2)13-6-4-3-5-11(13)18-12-8-9(15)7-10(16)14(12)17/h3-8,18H,17H2,1-2H3. The van der Waals surface area contributed by atoms with Crippen molar-refractivity contribution in [2.45, 2.75) is 0 Å². The molecule has 2 aromatic carbocycles. The summed E-state index contributed by atoms with van der Waals surface area (Å²) in [6.07, 6.45) is 0. The number of halogens is 2. The molecule has 2 aromatic rings. The van der Waals surface area contributed by atoms with Gasteiger partial charge < -0.3 is 16.0 Å². The predicted molar refractivity (Wildman–Crippen MR) is 74.8 cm³/mol. The highest BCUT2D eigenvalue weighted by atomic mass is 19.1. The van der Waals surface area contributed by atoms with Gasteiger partial charge in [-0.1, -0.05) is 12.1 Å². The molecule has 0 aliphatic rings. The first-order chi connectivity index (χ1) is 8.99. The summed E-state index contributed by atoms with van der Waals surface area (Å²) in [5.74, 6) is -1.44. The second-order valence-corrected chi connectivity index (χ2v) is 4.39. The molecule has 0 amide bonds. The van der Waals surface area contributed by atoms with Crippen molar-refractivity contribution in [3.63, 3.8) is 0 Å². The summed E-state index contributed by atoms with van der Waals surface area (Å²) in [5, 5.41) is 2.96. The van der Waals surface area contributed by atoms with Crippen LogP contribution in [-0.2, 0) is 0 Å². The van der Waals surface area contributed by atoms with Gasteiger partial charge in [-0.05, 0) is 18.2 Å². The molecule has 19 heavy (non-hydrogen) atoms. The molecule has 0 aromatic heterocycles. The molecule has 0 spiro atoms. The largest absolute Gasteiger partial charge is 0.395 e. The first-order valence-corrected chi connectivity index (χ1v) is 5.77. The number of nitrogen functional groups attached to an aromatic ring is 1. The molecule has 3 nitrogen and oxygen atoms in total. The third kappa shape index (κ3) is 2.76. The Bertz CT molecular complexity index is 597. The summed E-state index contributed by atoms with van der Waals surface area (Å²) in [4.78, 5) is 1.90. The maximum Gasteiger partial charge on any atom is 0.151 e. The van der Waals surface area contributed by atoms with Crippen molar-refractivity contribution >= 4 is 22.7 Å². The van der Waals surface area contributed by atoms with E-state index in [0.717, 1.165) is 17.4 Å². The molecule has 0 saturated heterocycles. The maximum absolute atomic E-state index is 13.4. The van der Waals surface area contributed by atoms with Crippen molar-refractivity contribution in [2.24, 2.45) is 0 Å². The minimum absolute atomic E-state index is 0.102. The van der Waals surface area contributed by atoms with E-state index < -0.39 is 11.6 Å². The van der Waals surface area contributed by atoms with E-state index in [9.17, 15) is 8.78 Å². The molecule has 0 atom stereocenters. The first kappa shape index (κ1) is 13.1. The molecule has 0 heterocycles. The van der Waals surface area contributed by atoms with E-state index in [4.69, 9.17) is 5.73 Å². The Morgan fingerprint density at radius 3 is 2.42 bits per heavy atom. The Balaban J connectivity index is 2.42. The number of benzene rings is 2. The maximum atomic E-state index is 13.4. The second kappa shape index (κ2) is 5.14. The molecule has 0 fully saturated rings. The highest BCUT2D eigenvalue weighted by molar-refractivity contribution is 5.80. The molecule has 2 rings (SSSR count). The van der Waals surface area contributed by atoms with Gasteiger partial charge in [-0.2, -0.15) is 0 Å². The van der Waals surface area contributed by atoms with Gasteiger partial charge in [0, 0.05) is 20.2 Å². The smallest absolute Gasteiger partial charge is 0.151 e. The monoisotopic (exact) mass is 263 g/mol. The van der Waals surface area contributed by atoms with Gasteiger partial charge in [-0.25, -0.2) is 8.78 Å². The second-order valence-electron chi connectivity index (χ2n) is 4.39. The van der Waals surface area contributed by atoms with Gasteiger partial charge >= 0.3 is 0 Å². The Hall–Kier alpha value is -2.30. The molecule has 3 N–H and O–H groups in total. The van der Waals surface area contributed by atoms with Crippen molar-refractivity contribution in [3.05, 3.63) is 48.0 Å². The van der Waals surface area contributed by atoms with Crippen molar-refractivity contribution < 1.29 is 8.78 Å². The van der Waals surface area contributed by atoms with E-state index in [0.29, 0.717) is 0 Å². The molecule has 0 radical (unpaired) electrons. The fourth-order valence-electron chi connectivity index (χ4n) is 1.80. The van der Waals surface area contributed by atoms with Gasteiger partial charge in [0.05, 0.1) is 22.7 Å². The topological polar surface area (TPSA) is 41.3 Å². The van der Waals surface area contributed by atoms with Gasteiger partial charge in [-0.3, -0.25) is 0 Å². The van der Waals surface area contributed by atoms with Crippen LogP contribution in [-0.4, -0.2) is 14.1 Å². The average molecular weight is 263 g/mol.